The number of Topliss-reactive ketones (excluding diaryl/α,β-unsaturated/α-hetero) is 1. The zero-order valence-corrected chi connectivity index (χ0v) is 11.5. The lowest BCUT2D eigenvalue weighted by Crippen LogP contribution is -2.23. The van der Waals surface area contributed by atoms with Crippen molar-refractivity contribution in [2.75, 3.05) is 18.5 Å². The fraction of sp³-hybridized carbons (Fsp3) is 0.562. The molecule has 0 saturated heterocycles. The lowest BCUT2D eigenvalue weighted by Gasteiger charge is -2.23. The summed E-state index contributed by atoms with van der Waals surface area (Å²) in [6.45, 7) is 2.12. The van der Waals surface area contributed by atoms with Gasteiger partial charge in [0.05, 0.1) is 6.54 Å². The van der Waals surface area contributed by atoms with Crippen LogP contribution >= 0.6 is 0 Å². The van der Waals surface area contributed by atoms with Gasteiger partial charge in [0, 0.05) is 12.7 Å². The number of benzene rings is 1. The smallest absolute Gasteiger partial charge is 0.149 e. The monoisotopic (exact) mass is 245 g/mol. The second kappa shape index (κ2) is 6.03. The van der Waals surface area contributed by atoms with Crippen molar-refractivity contribution in [3.63, 3.8) is 0 Å². The Kier molecular flexibility index (Phi) is 4.40. The summed E-state index contributed by atoms with van der Waals surface area (Å²) in [5.74, 6) is 0.958. The highest BCUT2D eigenvalue weighted by atomic mass is 16.1. The molecule has 1 aromatic rings. The molecule has 1 saturated carbocycles. The molecule has 1 fully saturated rings. The molecule has 2 nitrogen and oxygen atoms in total. The van der Waals surface area contributed by atoms with Crippen LogP contribution in [0.2, 0.25) is 0 Å². The number of anilines is 1. The number of rotatable bonds is 4. The van der Waals surface area contributed by atoms with Crippen LogP contribution in [0.15, 0.2) is 24.3 Å². The molecule has 1 aliphatic rings. The van der Waals surface area contributed by atoms with Crippen molar-refractivity contribution < 1.29 is 4.79 Å². The minimum atomic E-state index is 0.203. The molecule has 0 aromatic heterocycles. The minimum absolute atomic E-state index is 0.203. The second-order valence-corrected chi connectivity index (χ2v) is 5.48. The van der Waals surface area contributed by atoms with E-state index in [1.54, 1.807) is 6.92 Å². The first-order chi connectivity index (χ1) is 8.66. The maximum Gasteiger partial charge on any atom is 0.149 e. The van der Waals surface area contributed by atoms with Crippen LogP contribution in [0.5, 0.6) is 0 Å². The number of hydrogen-bond acceptors (Lipinski definition) is 2. The van der Waals surface area contributed by atoms with E-state index >= 15 is 0 Å². The van der Waals surface area contributed by atoms with Crippen molar-refractivity contribution in [3.8, 4) is 0 Å². The third-order valence-corrected chi connectivity index (χ3v) is 3.87. The SMILES string of the molecule is CC(=O)CN(C)c1ccc(C2CCCCC2)cc1. The topological polar surface area (TPSA) is 20.3 Å². The number of ketones is 1. The van der Waals surface area contributed by atoms with E-state index in [1.807, 2.05) is 11.9 Å². The van der Waals surface area contributed by atoms with Gasteiger partial charge in [-0.3, -0.25) is 4.79 Å². The molecule has 0 spiro atoms. The van der Waals surface area contributed by atoms with E-state index in [2.05, 4.69) is 24.3 Å². The highest BCUT2D eigenvalue weighted by molar-refractivity contribution is 5.80. The summed E-state index contributed by atoms with van der Waals surface area (Å²) >= 11 is 0. The molecule has 1 aliphatic carbocycles. The van der Waals surface area contributed by atoms with Gasteiger partial charge in [-0.2, -0.15) is 0 Å². The summed E-state index contributed by atoms with van der Waals surface area (Å²) in [4.78, 5) is 13.1. The number of carbonyl (C=O) groups is 1. The molecule has 2 rings (SSSR count). The first kappa shape index (κ1) is 13.1. The summed E-state index contributed by atoms with van der Waals surface area (Å²) < 4.78 is 0. The predicted octanol–water partition coefficient (Wildman–Crippen LogP) is 3.76. The number of carbonyl (C=O) groups excluding carboxylic acids is 1. The molecule has 0 amide bonds. The average Bonchev–Trinajstić information content (AvgIpc) is 2.39. The number of likely N-dealkylation sites (N-methyl/N-ethyl adjacent to an activating group) is 1. The molecule has 1 aromatic carbocycles. The van der Waals surface area contributed by atoms with E-state index < -0.39 is 0 Å². The van der Waals surface area contributed by atoms with Crippen LogP contribution in [0.4, 0.5) is 5.69 Å². The van der Waals surface area contributed by atoms with Crippen LogP contribution in [-0.2, 0) is 4.79 Å². The highest BCUT2D eigenvalue weighted by Gasteiger charge is 2.15. The quantitative estimate of drug-likeness (QED) is 0.805. The maximum atomic E-state index is 11.1. The van der Waals surface area contributed by atoms with Gasteiger partial charge >= 0.3 is 0 Å². The zero-order chi connectivity index (χ0) is 13.0. The third kappa shape index (κ3) is 3.34. The van der Waals surface area contributed by atoms with Crippen LogP contribution in [0, 0.1) is 0 Å². The van der Waals surface area contributed by atoms with Crippen molar-refractivity contribution in [3.05, 3.63) is 29.8 Å². The molecule has 0 bridgehead atoms. The third-order valence-electron chi connectivity index (χ3n) is 3.87. The minimum Gasteiger partial charge on any atom is -0.367 e. The van der Waals surface area contributed by atoms with Gasteiger partial charge in [-0.25, -0.2) is 0 Å². The Hall–Kier alpha value is -1.31. The van der Waals surface area contributed by atoms with Crippen LogP contribution < -0.4 is 4.90 Å². The van der Waals surface area contributed by atoms with E-state index in [0.29, 0.717) is 6.54 Å². The molecular weight excluding hydrogens is 222 g/mol. The first-order valence-electron chi connectivity index (χ1n) is 6.97. The Morgan fingerprint density at radius 2 is 1.78 bits per heavy atom. The normalized spacial score (nSPS) is 16.6. The summed E-state index contributed by atoms with van der Waals surface area (Å²) in [5.41, 5.74) is 2.60. The fourth-order valence-electron chi connectivity index (χ4n) is 2.86. The Morgan fingerprint density at radius 3 is 2.33 bits per heavy atom. The van der Waals surface area contributed by atoms with Crippen molar-refractivity contribution in [1.82, 2.24) is 0 Å². The summed E-state index contributed by atoms with van der Waals surface area (Å²) in [6.07, 6.45) is 6.81. The molecule has 0 radical (unpaired) electrons. The van der Waals surface area contributed by atoms with Crippen molar-refractivity contribution >= 4 is 11.5 Å². The number of nitrogens with zero attached hydrogens (tertiary/aromatic N) is 1. The van der Waals surface area contributed by atoms with Gasteiger partial charge in [-0.05, 0) is 43.4 Å². The van der Waals surface area contributed by atoms with Crippen molar-refractivity contribution in [2.24, 2.45) is 0 Å². The average molecular weight is 245 g/mol. The van der Waals surface area contributed by atoms with Gasteiger partial charge in [0.1, 0.15) is 5.78 Å². The summed E-state index contributed by atoms with van der Waals surface area (Å²) in [5, 5.41) is 0. The number of hydrogen-bond donors (Lipinski definition) is 0. The van der Waals surface area contributed by atoms with E-state index in [0.717, 1.165) is 11.6 Å². The second-order valence-electron chi connectivity index (χ2n) is 5.48. The van der Waals surface area contributed by atoms with Crippen molar-refractivity contribution in [1.29, 1.82) is 0 Å². The zero-order valence-electron chi connectivity index (χ0n) is 11.5. The van der Waals surface area contributed by atoms with Gasteiger partial charge in [-0.15, -0.1) is 0 Å². The maximum absolute atomic E-state index is 11.1. The largest absolute Gasteiger partial charge is 0.367 e. The lowest BCUT2D eigenvalue weighted by atomic mass is 9.84. The Balaban J connectivity index is 2.02. The van der Waals surface area contributed by atoms with Gasteiger partial charge in [-0.1, -0.05) is 31.4 Å². The first-order valence-corrected chi connectivity index (χ1v) is 6.97. The molecule has 98 valence electrons. The molecule has 0 aliphatic heterocycles. The molecule has 0 N–H and O–H groups in total. The summed E-state index contributed by atoms with van der Waals surface area (Å²) in [7, 11) is 1.97. The molecule has 18 heavy (non-hydrogen) atoms. The molecule has 0 unspecified atom stereocenters. The van der Waals surface area contributed by atoms with Gasteiger partial charge in [0.2, 0.25) is 0 Å². The van der Waals surface area contributed by atoms with Gasteiger partial charge in [0.25, 0.3) is 0 Å². The summed E-state index contributed by atoms with van der Waals surface area (Å²) in [6, 6.07) is 8.77. The van der Waals surface area contributed by atoms with Crippen LogP contribution in [-0.4, -0.2) is 19.4 Å². The fourth-order valence-corrected chi connectivity index (χ4v) is 2.86. The highest BCUT2D eigenvalue weighted by Crippen LogP contribution is 2.33. The van der Waals surface area contributed by atoms with Crippen molar-refractivity contribution in [2.45, 2.75) is 44.9 Å². The Morgan fingerprint density at radius 1 is 1.17 bits per heavy atom. The van der Waals surface area contributed by atoms with E-state index in [9.17, 15) is 4.79 Å². The molecule has 2 heteroatoms. The van der Waals surface area contributed by atoms with Gasteiger partial charge < -0.3 is 4.90 Å². The standard InChI is InChI=1S/C16H23NO/c1-13(18)12-17(2)16-10-8-15(9-11-16)14-6-4-3-5-7-14/h8-11,14H,3-7,12H2,1-2H3. The lowest BCUT2D eigenvalue weighted by molar-refractivity contribution is -0.115. The van der Waals surface area contributed by atoms with E-state index in [1.165, 1.54) is 37.7 Å². The van der Waals surface area contributed by atoms with Crippen LogP contribution in [0.3, 0.4) is 0 Å². The predicted molar refractivity (Wildman–Crippen MR) is 76.2 cm³/mol. The van der Waals surface area contributed by atoms with Crippen LogP contribution in [0.1, 0.15) is 50.5 Å². The van der Waals surface area contributed by atoms with Crippen LogP contribution in [0.25, 0.3) is 0 Å². The molecule has 0 atom stereocenters. The molecular formula is C16H23NO. The van der Waals surface area contributed by atoms with E-state index in [-0.39, 0.29) is 5.78 Å². The Labute approximate surface area is 110 Å². The van der Waals surface area contributed by atoms with Gasteiger partial charge in [0.15, 0.2) is 0 Å². The molecule has 0 heterocycles. The Bertz CT molecular complexity index is 390. The van der Waals surface area contributed by atoms with E-state index in [4.69, 9.17) is 0 Å².